The molecule has 1 aliphatic carbocycles. The van der Waals surface area contributed by atoms with Crippen LogP contribution in [0, 0.1) is 5.41 Å². The molecule has 1 amide bonds. The molecule has 0 spiro atoms. The standard InChI is InChI=1S/C21H22ClF3N4O/c1-12(26)17-18(22)16(11-27-19(17)28-14-5-3-2-4-6-14)20(30)29-15-9-7-13(8-10-15)21(23,24)25/h7-11,14,26H,2-6H2,1H3,(H,27,28)(H,29,30). The summed E-state index contributed by atoms with van der Waals surface area (Å²) < 4.78 is 38.1. The molecule has 1 saturated carbocycles. The van der Waals surface area contributed by atoms with E-state index >= 15 is 0 Å². The van der Waals surface area contributed by atoms with E-state index in [1.165, 1.54) is 24.8 Å². The van der Waals surface area contributed by atoms with Crippen LogP contribution in [0.2, 0.25) is 5.02 Å². The number of halogens is 4. The average molecular weight is 439 g/mol. The molecule has 3 rings (SSSR count). The summed E-state index contributed by atoms with van der Waals surface area (Å²) in [6.07, 6.45) is 2.33. The van der Waals surface area contributed by atoms with Crippen molar-refractivity contribution >= 4 is 34.7 Å². The van der Waals surface area contributed by atoms with Gasteiger partial charge in [0.1, 0.15) is 5.82 Å². The van der Waals surface area contributed by atoms with E-state index in [2.05, 4.69) is 15.6 Å². The molecule has 0 atom stereocenters. The van der Waals surface area contributed by atoms with Crippen LogP contribution in [0.5, 0.6) is 0 Å². The Bertz CT molecular complexity index is 939. The number of aromatic nitrogens is 1. The van der Waals surface area contributed by atoms with Gasteiger partial charge in [-0.05, 0) is 44.0 Å². The lowest BCUT2D eigenvalue weighted by molar-refractivity contribution is -0.137. The Hall–Kier alpha value is -2.61. The molecule has 1 fully saturated rings. The fourth-order valence-corrected chi connectivity index (χ4v) is 3.85. The Labute approximate surface area is 177 Å². The smallest absolute Gasteiger partial charge is 0.367 e. The van der Waals surface area contributed by atoms with Crippen LogP contribution in [0.25, 0.3) is 0 Å². The van der Waals surface area contributed by atoms with Crippen LogP contribution in [-0.4, -0.2) is 22.6 Å². The van der Waals surface area contributed by atoms with E-state index in [4.69, 9.17) is 17.0 Å². The van der Waals surface area contributed by atoms with Gasteiger partial charge >= 0.3 is 6.18 Å². The minimum absolute atomic E-state index is 0.0485. The van der Waals surface area contributed by atoms with Crippen molar-refractivity contribution in [3.05, 3.63) is 52.2 Å². The molecule has 1 aliphatic rings. The van der Waals surface area contributed by atoms with Crippen LogP contribution >= 0.6 is 11.6 Å². The monoisotopic (exact) mass is 438 g/mol. The molecule has 0 saturated heterocycles. The zero-order valence-electron chi connectivity index (χ0n) is 16.4. The largest absolute Gasteiger partial charge is 0.416 e. The Morgan fingerprint density at radius 3 is 2.37 bits per heavy atom. The van der Waals surface area contributed by atoms with Gasteiger partial charge in [-0.3, -0.25) is 4.79 Å². The lowest BCUT2D eigenvalue weighted by Crippen LogP contribution is -2.25. The molecule has 0 unspecified atom stereocenters. The van der Waals surface area contributed by atoms with E-state index in [1.807, 2.05) is 0 Å². The minimum atomic E-state index is -4.45. The van der Waals surface area contributed by atoms with Gasteiger partial charge in [-0.15, -0.1) is 0 Å². The molecule has 30 heavy (non-hydrogen) atoms. The predicted octanol–water partition coefficient (Wildman–Crippen LogP) is 6.14. The van der Waals surface area contributed by atoms with E-state index in [0.717, 1.165) is 37.8 Å². The van der Waals surface area contributed by atoms with Gasteiger partial charge in [-0.2, -0.15) is 13.2 Å². The van der Waals surface area contributed by atoms with Crippen molar-refractivity contribution in [1.82, 2.24) is 4.98 Å². The van der Waals surface area contributed by atoms with Crippen LogP contribution in [-0.2, 0) is 6.18 Å². The molecule has 9 heteroatoms. The Morgan fingerprint density at radius 2 is 1.80 bits per heavy atom. The number of hydrogen-bond acceptors (Lipinski definition) is 4. The molecule has 0 bridgehead atoms. The summed E-state index contributed by atoms with van der Waals surface area (Å²) in [4.78, 5) is 17.0. The van der Waals surface area contributed by atoms with E-state index in [1.54, 1.807) is 6.92 Å². The molecule has 5 nitrogen and oxygen atoms in total. The highest BCUT2D eigenvalue weighted by Crippen LogP contribution is 2.31. The summed E-state index contributed by atoms with van der Waals surface area (Å²) in [5, 5.41) is 14.0. The summed E-state index contributed by atoms with van der Waals surface area (Å²) in [6.45, 7) is 1.56. The van der Waals surface area contributed by atoms with Crippen LogP contribution in [0.15, 0.2) is 30.5 Å². The maximum absolute atomic E-state index is 12.7. The summed E-state index contributed by atoms with van der Waals surface area (Å²) >= 11 is 6.44. The summed E-state index contributed by atoms with van der Waals surface area (Å²) in [5.41, 5.74) is -0.0497. The summed E-state index contributed by atoms with van der Waals surface area (Å²) in [7, 11) is 0. The maximum Gasteiger partial charge on any atom is 0.416 e. The number of carbonyl (C=O) groups is 1. The highest BCUT2D eigenvalue weighted by molar-refractivity contribution is 6.38. The normalized spacial score (nSPS) is 15.0. The van der Waals surface area contributed by atoms with Gasteiger partial charge in [0, 0.05) is 23.6 Å². The lowest BCUT2D eigenvalue weighted by atomic mass is 9.95. The molecule has 1 aromatic heterocycles. The molecular weight excluding hydrogens is 417 g/mol. The van der Waals surface area contributed by atoms with Gasteiger partial charge in [-0.25, -0.2) is 4.98 Å². The number of nitrogens with one attached hydrogen (secondary N) is 3. The zero-order chi connectivity index (χ0) is 21.9. The average Bonchev–Trinajstić information content (AvgIpc) is 2.68. The number of anilines is 2. The maximum atomic E-state index is 12.7. The highest BCUT2D eigenvalue weighted by Gasteiger charge is 2.30. The van der Waals surface area contributed by atoms with E-state index in [-0.39, 0.29) is 28.0 Å². The van der Waals surface area contributed by atoms with Gasteiger partial charge in [0.15, 0.2) is 0 Å². The van der Waals surface area contributed by atoms with Crippen molar-refractivity contribution in [3.63, 3.8) is 0 Å². The van der Waals surface area contributed by atoms with Gasteiger partial charge in [0.2, 0.25) is 0 Å². The van der Waals surface area contributed by atoms with Gasteiger partial charge < -0.3 is 16.0 Å². The van der Waals surface area contributed by atoms with E-state index in [0.29, 0.717) is 11.4 Å². The molecule has 1 aromatic carbocycles. The number of alkyl halides is 3. The van der Waals surface area contributed by atoms with Crippen LogP contribution in [0.4, 0.5) is 24.7 Å². The number of carbonyl (C=O) groups excluding carboxylic acids is 1. The number of amides is 1. The summed E-state index contributed by atoms with van der Waals surface area (Å²) in [6, 6.07) is 4.36. The molecule has 1 heterocycles. The third-order valence-electron chi connectivity index (χ3n) is 5.05. The van der Waals surface area contributed by atoms with Crippen LogP contribution < -0.4 is 10.6 Å². The topological polar surface area (TPSA) is 77.9 Å². The minimum Gasteiger partial charge on any atom is -0.367 e. The fraction of sp³-hybridized carbons (Fsp3) is 0.381. The number of pyridine rings is 1. The highest BCUT2D eigenvalue weighted by atomic mass is 35.5. The Kier molecular flexibility index (Phi) is 6.65. The second-order valence-corrected chi connectivity index (χ2v) is 7.72. The quantitative estimate of drug-likeness (QED) is 0.491. The predicted molar refractivity (Wildman–Crippen MR) is 112 cm³/mol. The van der Waals surface area contributed by atoms with Gasteiger partial charge in [0.25, 0.3) is 5.91 Å². The van der Waals surface area contributed by atoms with E-state index in [9.17, 15) is 18.0 Å². The molecule has 0 aliphatic heterocycles. The van der Waals surface area contributed by atoms with Crippen LogP contribution in [0.1, 0.15) is 60.5 Å². The zero-order valence-corrected chi connectivity index (χ0v) is 17.1. The number of rotatable bonds is 5. The number of hydrogen-bond donors (Lipinski definition) is 3. The molecule has 160 valence electrons. The van der Waals surface area contributed by atoms with Crippen molar-refractivity contribution in [2.24, 2.45) is 0 Å². The first-order valence-electron chi connectivity index (χ1n) is 9.66. The molecular formula is C21H22ClF3N4O. The van der Waals surface area contributed by atoms with Crippen molar-refractivity contribution in [2.45, 2.75) is 51.2 Å². The Morgan fingerprint density at radius 1 is 1.17 bits per heavy atom. The van der Waals surface area contributed by atoms with E-state index < -0.39 is 17.6 Å². The molecule has 3 N–H and O–H groups in total. The second kappa shape index (κ2) is 9.04. The Balaban J connectivity index is 1.82. The number of nitrogens with zero attached hydrogens (tertiary/aromatic N) is 1. The van der Waals surface area contributed by atoms with Crippen LogP contribution in [0.3, 0.4) is 0 Å². The van der Waals surface area contributed by atoms with Crippen molar-refractivity contribution in [1.29, 1.82) is 5.41 Å². The lowest BCUT2D eigenvalue weighted by Gasteiger charge is -2.25. The molecule has 2 aromatic rings. The first kappa shape index (κ1) is 22.1. The van der Waals surface area contributed by atoms with Gasteiger partial charge in [-0.1, -0.05) is 30.9 Å². The number of benzene rings is 1. The molecule has 0 radical (unpaired) electrons. The second-order valence-electron chi connectivity index (χ2n) is 7.34. The van der Waals surface area contributed by atoms with Crippen molar-refractivity contribution < 1.29 is 18.0 Å². The summed E-state index contributed by atoms with van der Waals surface area (Å²) in [5.74, 6) is -0.149. The van der Waals surface area contributed by atoms with Crippen molar-refractivity contribution in [3.8, 4) is 0 Å². The first-order valence-corrected chi connectivity index (χ1v) is 10.0. The first-order chi connectivity index (χ1) is 14.2. The SMILES string of the molecule is CC(=N)c1c(NC2CCCCC2)ncc(C(=O)Nc2ccc(C(F)(F)F)cc2)c1Cl. The van der Waals surface area contributed by atoms with Gasteiger partial charge in [0.05, 0.1) is 21.7 Å². The van der Waals surface area contributed by atoms with Crippen molar-refractivity contribution in [2.75, 3.05) is 10.6 Å². The third-order valence-corrected chi connectivity index (χ3v) is 5.44. The third kappa shape index (κ3) is 5.11. The fourth-order valence-electron chi connectivity index (χ4n) is 3.48.